The van der Waals surface area contributed by atoms with Crippen molar-refractivity contribution in [3.05, 3.63) is 88.4 Å². The topological polar surface area (TPSA) is 81.3 Å². The van der Waals surface area contributed by atoms with Crippen molar-refractivity contribution >= 4 is 22.8 Å². The Bertz CT molecular complexity index is 1220. The van der Waals surface area contributed by atoms with Crippen LogP contribution >= 0.6 is 11.8 Å². The molecule has 0 bridgehead atoms. The van der Waals surface area contributed by atoms with E-state index >= 15 is 0 Å². The molecule has 1 amide bonds. The summed E-state index contributed by atoms with van der Waals surface area (Å²) in [4.78, 5) is 33.9. The third kappa shape index (κ3) is 5.19. The van der Waals surface area contributed by atoms with Gasteiger partial charge in [-0.25, -0.2) is 9.36 Å². The molecule has 4 rings (SSSR count). The van der Waals surface area contributed by atoms with Crippen molar-refractivity contribution in [2.75, 3.05) is 0 Å². The molecule has 3 aromatic rings. The third-order valence-corrected chi connectivity index (χ3v) is 6.50. The van der Waals surface area contributed by atoms with Crippen molar-refractivity contribution < 1.29 is 18.0 Å². The standard InChI is InChI=1S/C22H20F3N5O2S/c1-14-18(19(31)27-12-16-3-2-8-26-11-16)33-20(28-14)30-10-9-29(21(30)32)13-15-4-6-17(7-5-15)22(23,24)25/h2-11,14,18H,12-13H2,1H3,(H,27,31). The lowest BCUT2D eigenvalue weighted by Gasteiger charge is -2.13. The van der Waals surface area contributed by atoms with E-state index in [0.29, 0.717) is 17.3 Å². The van der Waals surface area contributed by atoms with E-state index in [2.05, 4.69) is 15.3 Å². The summed E-state index contributed by atoms with van der Waals surface area (Å²) in [6.07, 6.45) is 2.01. The van der Waals surface area contributed by atoms with E-state index in [1.54, 1.807) is 37.8 Å². The molecule has 1 aliphatic rings. The molecule has 7 nitrogen and oxygen atoms in total. The lowest BCUT2D eigenvalue weighted by molar-refractivity contribution is -0.137. The molecule has 3 heterocycles. The zero-order valence-corrected chi connectivity index (χ0v) is 18.3. The van der Waals surface area contributed by atoms with Crippen LogP contribution in [0.3, 0.4) is 0 Å². The van der Waals surface area contributed by atoms with Crippen molar-refractivity contribution in [1.82, 2.24) is 19.4 Å². The summed E-state index contributed by atoms with van der Waals surface area (Å²) >= 11 is 1.20. The van der Waals surface area contributed by atoms with Gasteiger partial charge in [-0.05, 0) is 36.2 Å². The van der Waals surface area contributed by atoms with Crippen LogP contribution in [0, 0.1) is 0 Å². The summed E-state index contributed by atoms with van der Waals surface area (Å²) in [6.45, 7) is 2.26. The SMILES string of the molecule is CC1N=C(n2ccn(Cc3ccc(C(F)(F)F)cc3)c2=O)SC1C(=O)NCc1cccnc1. The van der Waals surface area contributed by atoms with E-state index in [1.807, 2.05) is 6.07 Å². The highest BCUT2D eigenvalue weighted by atomic mass is 32.2. The molecule has 1 aromatic carbocycles. The third-order valence-electron chi connectivity index (χ3n) is 5.12. The van der Waals surface area contributed by atoms with E-state index in [1.165, 1.54) is 33.0 Å². The van der Waals surface area contributed by atoms with Crippen molar-refractivity contribution in [3.8, 4) is 0 Å². The fraction of sp³-hybridized carbons (Fsp3) is 0.273. The maximum Gasteiger partial charge on any atom is 0.416 e. The average molecular weight is 475 g/mol. The largest absolute Gasteiger partial charge is 0.416 e. The molecule has 1 N–H and O–H groups in total. The molecule has 2 aromatic heterocycles. The van der Waals surface area contributed by atoms with Crippen LogP contribution in [0.4, 0.5) is 13.2 Å². The number of amides is 1. The molecule has 0 spiro atoms. The minimum absolute atomic E-state index is 0.118. The van der Waals surface area contributed by atoms with Gasteiger partial charge in [0.1, 0.15) is 5.25 Å². The van der Waals surface area contributed by atoms with Crippen LogP contribution in [0.1, 0.15) is 23.6 Å². The number of hydrogen-bond acceptors (Lipinski definition) is 5. The fourth-order valence-corrected chi connectivity index (χ4v) is 4.50. The number of imidazole rings is 1. The first-order valence-electron chi connectivity index (χ1n) is 10.1. The van der Waals surface area contributed by atoms with Crippen LogP contribution in [0.25, 0.3) is 0 Å². The normalized spacial score (nSPS) is 18.2. The zero-order chi connectivity index (χ0) is 23.6. The minimum Gasteiger partial charge on any atom is -0.351 e. The van der Waals surface area contributed by atoms with E-state index in [-0.39, 0.29) is 24.2 Å². The Balaban J connectivity index is 1.41. The second kappa shape index (κ2) is 9.26. The van der Waals surface area contributed by atoms with Gasteiger partial charge in [-0.15, -0.1) is 0 Å². The molecule has 2 atom stereocenters. The number of nitrogens with zero attached hydrogens (tertiary/aromatic N) is 4. The van der Waals surface area contributed by atoms with E-state index in [4.69, 9.17) is 0 Å². The summed E-state index contributed by atoms with van der Waals surface area (Å²) in [7, 11) is 0. The van der Waals surface area contributed by atoms with Gasteiger partial charge in [-0.3, -0.25) is 19.3 Å². The first-order valence-corrected chi connectivity index (χ1v) is 11.0. The number of halogens is 3. The maximum absolute atomic E-state index is 12.8. The van der Waals surface area contributed by atoms with Crippen molar-refractivity contribution in [1.29, 1.82) is 0 Å². The Labute approximate surface area is 191 Å². The number of rotatable bonds is 5. The summed E-state index contributed by atoms with van der Waals surface area (Å²) in [5.74, 6) is -0.188. The van der Waals surface area contributed by atoms with Crippen molar-refractivity contribution in [3.63, 3.8) is 0 Å². The smallest absolute Gasteiger partial charge is 0.351 e. The van der Waals surface area contributed by atoms with Crippen LogP contribution < -0.4 is 11.0 Å². The minimum atomic E-state index is -4.41. The molecular weight excluding hydrogens is 455 g/mol. The average Bonchev–Trinajstić information content (AvgIpc) is 3.35. The lowest BCUT2D eigenvalue weighted by atomic mass is 10.1. The van der Waals surface area contributed by atoms with E-state index in [0.717, 1.165) is 17.7 Å². The Morgan fingerprint density at radius 2 is 1.91 bits per heavy atom. The molecule has 172 valence electrons. The second-order valence-corrected chi connectivity index (χ2v) is 8.65. The quantitative estimate of drug-likeness (QED) is 0.615. The Kier molecular flexibility index (Phi) is 6.41. The second-order valence-electron chi connectivity index (χ2n) is 7.54. The number of pyridine rings is 1. The fourth-order valence-electron chi connectivity index (χ4n) is 3.34. The molecule has 11 heteroatoms. The number of carbonyl (C=O) groups is 1. The maximum atomic E-state index is 12.8. The van der Waals surface area contributed by atoms with E-state index < -0.39 is 17.0 Å². The number of nitrogens with one attached hydrogen (secondary N) is 1. The van der Waals surface area contributed by atoms with Crippen LogP contribution in [0.15, 0.2) is 71.0 Å². The van der Waals surface area contributed by atoms with Crippen molar-refractivity contribution in [2.45, 2.75) is 37.5 Å². The van der Waals surface area contributed by atoms with Crippen molar-refractivity contribution in [2.24, 2.45) is 4.99 Å². The van der Waals surface area contributed by atoms with Gasteiger partial charge in [0, 0.05) is 31.3 Å². The number of aromatic nitrogens is 3. The van der Waals surface area contributed by atoms with Crippen LogP contribution in [0.5, 0.6) is 0 Å². The molecule has 1 aliphatic heterocycles. The van der Waals surface area contributed by atoms with Gasteiger partial charge < -0.3 is 5.32 Å². The van der Waals surface area contributed by atoms with Gasteiger partial charge in [0.25, 0.3) is 0 Å². The molecule has 0 radical (unpaired) electrons. The summed E-state index contributed by atoms with van der Waals surface area (Å²) in [5, 5.41) is 2.78. The molecule has 0 aliphatic carbocycles. The Morgan fingerprint density at radius 3 is 2.58 bits per heavy atom. The number of carbonyl (C=O) groups excluding carboxylic acids is 1. The van der Waals surface area contributed by atoms with Crippen LogP contribution in [0.2, 0.25) is 0 Å². The summed E-state index contributed by atoms with van der Waals surface area (Å²) in [6, 6.07) is 7.99. The summed E-state index contributed by atoms with van der Waals surface area (Å²) < 4.78 is 40.9. The van der Waals surface area contributed by atoms with Gasteiger partial charge >= 0.3 is 11.9 Å². The highest BCUT2D eigenvalue weighted by Gasteiger charge is 2.34. The van der Waals surface area contributed by atoms with Crippen LogP contribution in [-0.4, -0.2) is 36.5 Å². The van der Waals surface area contributed by atoms with Gasteiger partial charge in [-0.1, -0.05) is 30.0 Å². The van der Waals surface area contributed by atoms with Gasteiger partial charge in [0.2, 0.25) is 5.91 Å². The van der Waals surface area contributed by atoms with Gasteiger partial charge in [-0.2, -0.15) is 13.2 Å². The molecule has 0 fully saturated rings. The first-order chi connectivity index (χ1) is 15.7. The number of aliphatic imine (C=N–C) groups is 1. The van der Waals surface area contributed by atoms with Gasteiger partial charge in [0.15, 0.2) is 5.17 Å². The first kappa shape index (κ1) is 22.8. The number of hydrogen-bond donors (Lipinski definition) is 1. The highest BCUT2D eigenvalue weighted by Crippen LogP contribution is 2.29. The van der Waals surface area contributed by atoms with Crippen LogP contribution in [-0.2, 0) is 24.1 Å². The number of alkyl halides is 3. The molecule has 33 heavy (non-hydrogen) atoms. The Hall–Kier alpha value is -3.34. The summed E-state index contributed by atoms with van der Waals surface area (Å²) in [5.41, 5.74) is 0.309. The predicted octanol–water partition coefficient (Wildman–Crippen LogP) is 3.14. The molecule has 2 unspecified atom stereocenters. The number of benzene rings is 1. The monoisotopic (exact) mass is 475 g/mol. The van der Waals surface area contributed by atoms with Gasteiger partial charge in [0.05, 0.1) is 18.2 Å². The van der Waals surface area contributed by atoms with E-state index in [9.17, 15) is 22.8 Å². The highest BCUT2D eigenvalue weighted by molar-refractivity contribution is 8.15. The number of thioether (sulfide) groups is 1. The lowest BCUT2D eigenvalue weighted by Crippen LogP contribution is -2.36. The molecule has 0 saturated heterocycles. The zero-order valence-electron chi connectivity index (χ0n) is 17.5. The molecule has 0 saturated carbocycles. The molecular formula is C22H20F3N5O2S. The predicted molar refractivity (Wildman–Crippen MR) is 119 cm³/mol. The Morgan fingerprint density at radius 1 is 1.15 bits per heavy atom.